The minimum atomic E-state index is -0.432. The van der Waals surface area contributed by atoms with Gasteiger partial charge in [-0.3, -0.25) is 4.99 Å². The van der Waals surface area contributed by atoms with Crippen LogP contribution in [0.4, 0.5) is 0 Å². The Labute approximate surface area is 107 Å². The standard InChI is InChI=1S/C13H17ClN2O/c1-4-11-13(2,3)16(17)12(15-11)9-7-5-6-8-10(9)14/h5-8,12,17H,4H2,1-3H3/t12-/m1/s1. The lowest BCUT2D eigenvalue weighted by Gasteiger charge is -2.30. The molecule has 17 heavy (non-hydrogen) atoms. The Morgan fingerprint density at radius 1 is 1.41 bits per heavy atom. The topological polar surface area (TPSA) is 35.8 Å². The summed E-state index contributed by atoms with van der Waals surface area (Å²) in [5.41, 5.74) is 1.40. The van der Waals surface area contributed by atoms with E-state index < -0.39 is 11.7 Å². The van der Waals surface area contributed by atoms with Gasteiger partial charge in [0.15, 0.2) is 6.17 Å². The van der Waals surface area contributed by atoms with Crippen molar-refractivity contribution in [2.75, 3.05) is 0 Å². The summed E-state index contributed by atoms with van der Waals surface area (Å²) >= 11 is 6.15. The van der Waals surface area contributed by atoms with Crippen molar-refractivity contribution in [3.8, 4) is 0 Å². The first kappa shape index (κ1) is 12.6. The number of rotatable bonds is 2. The number of benzene rings is 1. The molecule has 2 rings (SSSR count). The van der Waals surface area contributed by atoms with E-state index in [2.05, 4.69) is 4.99 Å². The molecule has 1 N–H and O–H groups in total. The molecule has 0 radical (unpaired) electrons. The average molecular weight is 253 g/mol. The summed E-state index contributed by atoms with van der Waals surface area (Å²) < 4.78 is 0. The Hall–Kier alpha value is -0.900. The summed E-state index contributed by atoms with van der Waals surface area (Å²) in [7, 11) is 0. The molecular formula is C13H17ClN2O. The van der Waals surface area contributed by atoms with Crippen LogP contribution in [0.3, 0.4) is 0 Å². The Bertz CT molecular complexity index is 456. The summed E-state index contributed by atoms with van der Waals surface area (Å²) in [5.74, 6) is 0. The Morgan fingerprint density at radius 3 is 2.59 bits per heavy atom. The number of nitrogens with zero attached hydrogens (tertiary/aromatic N) is 2. The van der Waals surface area contributed by atoms with Gasteiger partial charge in [-0.25, -0.2) is 0 Å². The lowest BCUT2D eigenvalue weighted by atomic mass is 9.97. The van der Waals surface area contributed by atoms with E-state index in [4.69, 9.17) is 11.6 Å². The Morgan fingerprint density at radius 2 is 2.06 bits per heavy atom. The predicted molar refractivity (Wildman–Crippen MR) is 69.6 cm³/mol. The summed E-state index contributed by atoms with van der Waals surface area (Å²) in [6.07, 6.45) is 0.430. The quantitative estimate of drug-likeness (QED) is 0.872. The summed E-state index contributed by atoms with van der Waals surface area (Å²) in [4.78, 5) is 4.58. The third kappa shape index (κ3) is 1.99. The van der Waals surface area contributed by atoms with E-state index in [1.807, 2.05) is 45.0 Å². The maximum absolute atomic E-state index is 10.3. The molecule has 0 saturated carbocycles. The lowest BCUT2D eigenvalue weighted by Crippen LogP contribution is -2.43. The van der Waals surface area contributed by atoms with Crippen LogP contribution >= 0.6 is 11.6 Å². The van der Waals surface area contributed by atoms with Crippen molar-refractivity contribution in [3.63, 3.8) is 0 Å². The second-order valence-corrected chi connectivity index (χ2v) is 5.14. The predicted octanol–water partition coefficient (Wildman–Crippen LogP) is 3.67. The Balaban J connectivity index is 2.43. The van der Waals surface area contributed by atoms with E-state index >= 15 is 0 Å². The zero-order chi connectivity index (χ0) is 12.6. The molecular weight excluding hydrogens is 236 g/mol. The van der Waals surface area contributed by atoms with Gasteiger partial charge in [-0.2, -0.15) is 5.06 Å². The van der Waals surface area contributed by atoms with Crippen molar-refractivity contribution in [1.29, 1.82) is 0 Å². The smallest absolute Gasteiger partial charge is 0.152 e. The third-order valence-corrected chi connectivity index (χ3v) is 3.65. The van der Waals surface area contributed by atoms with Crippen LogP contribution in [-0.2, 0) is 0 Å². The maximum atomic E-state index is 10.3. The van der Waals surface area contributed by atoms with Crippen LogP contribution in [0.15, 0.2) is 29.3 Å². The molecule has 0 unspecified atom stereocenters. The molecule has 0 aromatic heterocycles. The van der Waals surface area contributed by atoms with Crippen LogP contribution in [0.1, 0.15) is 38.9 Å². The van der Waals surface area contributed by atoms with Crippen molar-refractivity contribution < 1.29 is 5.21 Å². The zero-order valence-electron chi connectivity index (χ0n) is 10.3. The van der Waals surface area contributed by atoms with Gasteiger partial charge in [-0.1, -0.05) is 36.7 Å². The van der Waals surface area contributed by atoms with Crippen LogP contribution < -0.4 is 0 Å². The van der Waals surface area contributed by atoms with Crippen LogP contribution in [0.25, 0.3) is 0 Å². The number of hydrogen-bond acceptors (Lipinski definition) is 3. The minimum absolute atomic E-state index is 0.395. The molecule has 0 amide bonds. The van der Waals surface area contributed by atoms with Crippen LogP contribution in [0, 0.1) is 0 Å². The second kappa shape index (κ2) is 4.41. The second-order valence-electron chi connectivity index (χ2n) is 4.73. The summed E-state index contributed by atoms with van der Waals surface area (Å²) in [5, 5.41) is 12.2. The fourth-order valence-corrected chi connectivity index (χ4v) is 2.44. The van der Waals surface area contributed by atoms with Gasteiger partial charge >= 0.3 is 0 Å². The molecule has 92 valence electrons. The van der Waals surface area contributed by atoms with E-state index in [0.717, 1.165) is 17.7 Å². The first-order valence-corrected chi connectivity index (χ1v) is 6.16. The van der Waals surface area contributed by atoms with Crippen molar-refractivity contribution in [2.24, 2.45) is 4.99 Å². The van der Waals surface area contributed by atoms with Gasteiger partial charge < -0.3 is 5.21 Å². The monoisotopic (exact) mass is 252 g/mol. The number of aliphatic imine (C=N–C) groups is 1. The highest BCUT2D eigenvalue weighted by Gasteiger charge is 2.42. The van der Waals surface area contributed by atoms with Gasteiger partial charge in [0.25, 0.3) is 0 Å². The molecule has 0 bridgehead atoms. The minimum Gasteiger partial charge on any atom is -0.311 e. The van der Waals surface area contributed by atoms with E-state index in [0.29, 0.717) is 5.02 Å². The molecule has 1 heterocycles. The zero-order valence-corrected chi connectivity index (χ0v) is 11.1. The molecule has 0 saturated heterocycles. The van der Waals surface area contributed by atoms with Crippen LogP contribution in [-0.4, -0.2) is 21.5 Å². The maximum Gasteiger partial charge on any atom is 0.152 e. The first-order chi connectivity index (χ1) is 7.98. The molecule has 0 aliphatic carbocycles. The Kier molecular flexibility index (Phi) is 3.25. The highest BCUT2D eigenvalue weighted by Crippen LogP contribution is 2.38. The molecule has 0 spiro atoms. The SMILES string of the molecule is CCC1=N[C@@H](c2ccccc2Cl)N(O)C1(C)C. The lowest BCUT2D eigenvalue weighted by molar-refractivity contribution is -0.159. The first-order valence-electron chi connectivity index (χ1n) is 5.78. The number of hydrogen-bond donors (Lipinski definition) is 1. The summed E-state index contributed by atoms with van der Waals surface area (Å²) in [6, 6.07) is 7.49. The molecule has 4 heteroatoms. The average Bonchev–Trinajstić information content (AvgIpc) is 2.52. The van der Waals surface area contributed by atoms with Crippen molar-refractivity contribution in [1.82, 2.24) is 5.06 Å². The molecule has 3 nitrogen and oxygen atoms in total. The highest BCUT2D eigenvalue weighted by atomic mass is 35.5. The molecule has 1 aliphatic heterocycles. The normalized spacial score (nSPS) is 23.8. The highest BCUT2D eigenvalue weighted by molar-refractivity contribution is 6.31. The summed E-state index contributed by atoms with van der Waals surface area (Å²) in [6.45, 7) is 5.97. The van der Waals surface area contributed by atoms with E-state index in [-0.39, 0.29) is 0 Å². The fourth-order valence-electron chi connectivity index (χ4n) is 2.21. The van der Waals surface area contributed by atoms with Gasteiger partial charge in [0, 0.05) is 16.3 Å². The fraction of sp³-hybridized carbons (Fsp3) is 0.462. The van der Waals surface area contributed by atoms with Gasteiger partial charge in [0.05, 0.1) is 5.54 Å². The van der Waals surface area contributed by atoms with Crippen LogP contribution in [0.2, 0.25) is 5.02 Å². The van der Waals surface area contributed by atoms with E-state index in [1.54, 1.807) is 0 Å². The number of hydroxylamine groups is 2. The van der Waals surface area contributed by atoms with E-state index in [1.165, 1.54) is 5.06 Å². The van der Waals surface area contributed by atoms with Crippen molar-refractivity contribution in [2.45, 2.75) is 38.9 Å². The van der Waals surface area contributed by atoms with Crippen LogP contribution in [0.5, 0.6) is 0 Å². The molecule has 1 aromatic carbocycles. The van der Waals surface area contributed by atoms with Gasteiger partial charge in [0.1, 0.15) is 0 Å². The van der Waals surface area contributed by atoms with E-state index in [9.17, 15) is 5.21 Å². The molecule has 0 fully saturated rings. The largest absolute Gasteiger partial charge is 0.311 e. The van der Waals surface area contributed by atoms with Gasteiger partial charge in [-0.05, 0) is 26.3 Å². The van der Waals surface area contributed by atoms with Crippen molar-refractivity contribution in [3.05, 3.63) is 34.9 Å². The molecule has 1 aliphatic rings. The number of halogens is 1. The van der Waals surface area contributed by atoms with Gasteiger partial charge in [-0.15, -0.1) is 0 Å². The molecule has 1 atom stereocenters. The van der Waals surface area contributed by atoms with Gasteiger partial charge in [0.2, 0.25) is 0 Å². The molecule has 1 aromatic rings. The van der Waals surface area contributed by atoms with Crippen molar-refractivity contribution >= 4 is 17.3 Å². The third-order valence-electron chi connectivity index (χ3n) is 3.31.